The summed E-state index contributed by atoms with van der Waals surface area (Å²) in [4.78, 5) is 24.0. The number of hydrogen-bond donors (Lipinski definition) is 2. The van der Waals surface area contributed by atoms with E-state index in [1.807, 2.05) is 0 Å². The number of benzene rings is 1. The smallest absolute Gasteiger partial charge is 0.268 e. The lowest BCUT2D eigenvalue weighted by Crippen LogP contribution is -2.30. The number of pyridine rings is 1. The van der Waals surface area contributed by atoms with Crippen LogP contribution >= 0.6 is 0 Å². The molecule has 0 aliphatic carbocycles. The van der Waals surface area contributed by atoms with Crippen LogP contribution in [0.5, 0.6) is 5.75 Å². The maximum Gasteiger partial charge on any atom is 0.268 e. The number of H-pyrrole nitrogens is 1. The molecule has 0 saturated heterocycles. The second kappa shape index (κ2) is 4.61. The van der Waals surface area contributed by atoms with Gasteiger partial charge in [-0.1, -0.05) is 12.1 Å². The van der Waals surface area contributed by atoms with Crippen molar-refractivity contribution in [2.75, 3.05) is 5.75 Å². The first kappa shape index (κ1) is 12.3. The quantitative estimate of drug-likeness (QED) is 0.747. The van der Waals surface area contributed by atoms with Crippen molar-refractivity contribution in [1.82, 2.24) is 4.98 Å². The van der Waals surface area contributed by atoms with Gasteiger partial charge >= 0.3 is 0 Å². The zero-order chi connectivity index (χ0) is 13.3. The number of fused-ring (bicyclic) bond motifs is 1. The van der Waals surface area contributed by atoms with Crippen molar-refractivity contribution in [3.63, 3.8) is 0 Å². The molecule has 0 aliphatic heterocycles. The van der Waals surface area contributed by atoms with Gasteiger partial charge in [0.2, 0.25) is 0 Å². The molecule has 7 heteroatoms. The van der Waals surface area contributed by atoms with E-state index in [1.165, 1.54) is 6.07 Å². The molecule has 0 unspecified atom stereocenters. The van der Waals surface area contributed by atoms with Gasteiger partial charge in [-0.2, -0.15) is 0 Å². The number of rotatable bonds is 3. The molecule has 94 valence electrons. The fourth-order valence-electron chi connectivity index (χ4n) is 1.60. The van der Waals surface area contributed by atoms with Crippen molar-refractivity contribution in [1.29, 1.82) is 0 Å². The summed E-state index contributed by atoms with van der Waals surface area (Å²) in [5, 5.41) is 20.6. The summed E-state index contributed by atoms with van der Waals surface area (Å²) in [6, 6.07) is 6.39. The molecule has 18 heavy (non-hydrogen) atoms. The lowest BCUT2D eigenvalue weighted by atomic mass is 10.2. The van der Waals surface area contributed by atoms with Gasteiger partial charge in [0.05, 0.1) is 28.0 Å². The third kappa shape index (κ3) is 2.12. The molecule has 0 radical (unpaired) electrons. The Morgan fingerprint density at radius 3 is 2.72 bits per heavy atom. The minimum absolute atomic E-state index is 0.304. The largest absolute Gasteiger partial charge is 0.549 e. The number of carboxylic acid groups (broad SMARTS) is 1. The van der Waals surface area contributed by atoms with Crippen molar-refractivity contribution in [2.45, 2.75) is 4.90 Å². The first-order valence-electron chi connectivity index (χ1n) is 4.93. The molecular formula is C11H8NO5S-. The highest BCUT2D eigenvalue weighted by Gasteiger charge is 2.17. The van der Waals surface area contributed by atoms with Gasteiger partial charge in [-0.25, -0.2) is 0 Å². The van der Waals surface area contributed by atoms with E-state index in [0.717, 1.165) is 0 Å². The zero-order valence-electron chi connectivity index (χ0n) is 9.00. The maximum absolute atomic E-state index is 11.7. The molecule has 1 aromatic heterocycles. The highest BCUT2D eigenvalue weighted by atomic mass is 32.2. The molecule has 2 rings (SSSR count). The van der Waals surface area contributed by atoms with Gasteiger partial charge in [0.1, 0.15) is 10.6 Å². The van der Waals surface area contributed by atoms with E-state index in [0.29, 0.717) is 10.9 Å². The molecule has 0 aliphatic rings. The zero-order valence-corrected chi connectivity index (χ0v) is 9.82. The standard InChI is InChI=1S/C11H9NO5S/c13-8(14)5-18(17)10-9(15)6-3-1-2-4-7(6)12-11(10)16/h1-4H,5H2,(H,13,14)(H2,12,15,16)/p-1/t18-/m0/s1. The summed E-state index contributed by atoms with van der Waals surface area (Å²) in [5.41, 5.74) is -0.389. The van der Waals surface area contributed by atoms with E-state index in [1.54, 1.807) is 18.2 Å². The van der Waals surface area contributed by atoms with Crippen LogP contribution in [-0.4, -0.2) is 26.0 Å². The average Bonchev–Trinajstić information content (AvgIpc) is 2.27. The predicted molar refractivity (Wildman–Crippen MR) is 62.5 cm³/mol. The molecule has 2 N–H and O–H groups in total. The first-order valence-corrected chi connectivity index (χ1v) is 6.25. The van der Waals surface area contributed by atoms with E-state index in [9.17, 15) is 24.0 Å². The molecule has 1 aromatic carbocycles. The Kier molecular flexibility index (Phi) is 3.15. The summed E-state index contributed by atoms with van der Waals surface area (Å²) < 4.78 is 11.7. The van der Waals surface area contributed by atoms with Crippen LogP contribution in [0.15, 0.2) is 34.0 Å². The highest BCUT2D eigenvalue weighted by Crippen LogP contribution is 2.26. The molecule has 0 fully saturated rings. The van der Waals surface area contributed by atoms with Crippen LogP contribution in [0.1, 0.15) is 0 Å². The number of hydrogen-bond acceptors (Lipinski definition) is 5. The number of nitrogens with one attached hydrogen (secondary N) is 1. The van der Waals surface area contributed by atoms with E-state index >= 15 is 0 Å². The number of aromatic hydroxyl groups is 1. The van der Waals surface area contributed by atoms with Crippen molar-refractivity contribution in [2.24, 2.45) is 0 Å². The third-order valence-electron chi connectivity index (χ3n) is 2.33. The van der Waals surface area contributed by atoms with Crippen LogP contribution in [0, 0.1) is 0 Å². The maximum atomic E-state index is 11.7. The predicted octanol–water partition coefficient (Wildman–Crippen LogP) is -0.909. The second-order valence-electron chi connectivity index (χ2n) is 3.54. The summed E-state index contributed by atoms with van der Waals surface area (Å²) in [6.45, 7) is 0. The van der Waals surface area contributed by atoms with Gasteiger partial charge in [-0.15, -0.1) is 0 Å². The number of carboxylic acids is 1. The minimum Gasteiger partial charge on any atom is -0.549 e. The van der Waals surface area contributed by atoms with Gasteiger partial charge in [0.25, 0.3) is 5.56 Å². The lowest BCUT2D eigenvalue weighted by Gasteiger charge is -2.07. The monoisotopic (exact) mass is 266 g/mol. The summed E-state index contributed by atoms with van der Waals surface area (Å²) >= 11 is 0. The van der Waals surface area contributed by atoms with Crippen LogP contribution in [0.25, 0.3) is 10.9 Å². The number of carbonyl (C=O) groups excluding carboxylic acids is 1. The van der Waals surface area contributed by atoms with Gasteiger partial charge in [-0.3, -0.25) is 9.00 Å². The first-order chi connectivity index (χ1) is 8.50. The van der Waals surface area contributed by atoms with Crippen LogP contribution in [0.2, 0.25) is 0 Å². The van der Waals surface area contributed by atoms with E-state index < -0.39 is 38.7 Å². The minimum atomic E-state index is -2.15. The third-order valence-corrected chi connectivity index (χ3v) is 3.66. The molecule has 2 aromatic rings. The summed E-state index contributed by atoms with van der Waals surface area (Å²) in [6.07, 6.45) is 0. The summed E-state index contributed by atoms with van der Waals surface area (Å²) in [7, 11) is -2.15. The van der Waals surface area contributed by atoms with Gasteiger partial charge in [-0.05, 0) is 12.1 Å². The number of carbonyl (C=O) groups is 1. The van der Waals surface area contributed by atoms with Crippen LogP contribution in [0.3, 0.4) is 0 Å². The van der Waals surface area contributed by atoms with Crippen LogP contribution < -0.4 is 10.7 Å². The molecule has 0 amide bonds. The molecule has 1 heterocycles. The van der Waals surface area contributed by atoms with Crippen LogP contribution in [-0.2, 0) is 15.6 Å². The Hall–Kier alpha value is -2.15. The molecule has 0 spiro atoms. The second-order valence-corrected chi connectivity index (χ2v) is 4.93. The SMILES string of the molecule is O=C([O-])C[S@](=O)c1c(O)c2ccccc2[nH]c1=O. The Balaban J connectivity index is 2.68. The Bertz CT molecular complexity index is 706. The number of para-hydroxylation sites is 1. The summed E-state index contributed by atoms with van der Waals surface area (Å²) in [5.74, 6) is -2.86. The van der Waals surface area contributed by atoms with Gasteiger partial charge in [0.15, 0.2) is 0 Å². The molecule has 6 nitrogen and oxygen atoms in total. The topological polar surface area (TPSA) is 110 Å². The van der Waals surface area contributed by atoms with Crippen molar-refractivity contribution in [3.05, 3.63) is 34.6 Å². The molecular weight excluding hydrogens is 258 g/mol. The number of aliphatic carboxylic acids is 1. The van der Waals surface area contributed by atoms with Gasteiger partial charge < -0.3 is 20.0 Å². The lowest BCUT2D eigenvalue weighted by molar-refractivity contribution is -0.301. The molecule has 0 saturated carbocycles. The fourth-order valence-corrected chi connectivity index (χ4v) is 2.54. The van der Waals surface area contributed by atoms with Gasteiger partial charge in [0, 0.05) is 5.39 Å². The van der Waals surface area contributed by atoms with E-state index in [4.69, 9.17) is 0 Å². The average molecular weight is 266 g/mol. The van der Waals surface area contributed by atoms with Crippen molar-refractivity contribution < 1.29 is 19.2 Å². The highest BCUT2D eigenvalue weighted by molar-refractivity contribution is 7.85. The van der Waals surface area contributed by atoms with Crippen molar-refractivity contribution >= 4 is 27.7 Å². The number of aromatic nitrogens is 1. The molecule has 1 atom stereocenters. The van der Waals surface area contributed by atoms with Crippen molar-refractivity contribution in [3.8, 4) is 5.75 Å². The van der Waals surface area contributed by atoms with E-state index in [2.05, 4.69) is 4.98 Å². The fraction of sp³-hybridized carbons (Fsp3) is 0.0909. The Morgan fingerprint density at radius 2 is 2.06 bits per heavy atom. The van der Waals surface area contributed by atoms with E-state index in [-0.39, 0.29) is 0 Å². The normalized spacial score (nSPS) is 12.4. The van der Waals surface area contributed by atoms with Crippen LogP contribution in [0.4, 0.5) is 0 Å². The Morgan fingerprint density at radius 1 is 1.39 bits per heavy atom. The Labute approximate surface area is 103 Å². The number of aromatic amines is 1. The molecule has 0 bridgehead atoms.